The quantitative estimate of drug-likeness (QED) is 0.698. The van der Waals surface area contributed by atoms with Crippen LogP contribution < -0.4 is 0 Å². The van der Waals surface area contributed by atoms with Crippen LogP contribution in [0.15, 0.2) is 24.5 Å². The molecule has 0 saturated heterocycles. The van der Waals surface area contributed by atoms with Crippen LogP contribution in [0.2, 0.25) is 0 Å². The van der Waals surface area contributed by atoms with Crippen molar-refractivity contribution < 1.29 is 5.11 Å². The van der Waals surface area contributed by atoms with Crippen molar-refractivity contribution in [2.24, 2.45) is 7.05 Å². The molecule has 2 rings (SSSR count). The molecule has 3 nitrogen and oxygen atoms in total. The minimum atomic E-state index is 0.758. The molecule has 3 heteroatoms. The van der Waals surface area contributed by atoms with Crippen molar-refractivity contribution in [2.45, 2.75) is 6.92 Å². The maximum absolute atomic E-state index is 8.69. The van der Waals surface area contributed by atoms with Gasteiger partial charge in [0.25, 0.3) is 0 Å². The van der Waals surface area contributed by atoms with Crippen molar-refractivity contribution >= 4 is 17.1 Å². The maximum Gasteiger partial charge on any atom is 0.136 e. The summed E-state index contributed by atoms with van der Waals surface area (Å²) in [5, 5.41) is 8.69. The van der Waals surface area contributed by atoms with Gasteiger partial charge in [0.1, 0.15) is 5.82 Å². The molecule has 0 unspecified atom stereocenters. The third kappa shape index (κ3) is 1.27. The first-order valence-electron chi connectivity index (χ1n) is 4.46. The Kier molecular flexibility index (Phi) is 2.00. The number of aryl methyl sites for hydroxylation is 2. The van der Waals surface area contributed by atoms with E-state index in [1.54, 1.807) is 6.08 Å². The van der Waals surface area contributed by atoms with E-state index in [0.29, 0.717) is 0 Å². The first-order chi connectivity index (χ1) is 6.72. The van der Waals surface area contributed by atoms with Crippen molar-refractivity contribution in [3.8, 4) is 0 Å². The highest BCUT2D eigenvalue weighted by molar-refractivity contribution is 5.78. The minimum absolute atomic E-state index is 0.758. The SMILES string of the molecule is Cc1ccc2c(c1)nc(/C=C/O)n2C. The van der Waals surface area contributed by atoms with Crippen molar-refractivity contribution in [3.63, 3.8) is 0 Å². The standard InChI is InChI=1S/C11H12N2O/c1-8-3-4-10-9(7-8)12-11(5-6-14)13(10)2/h3-7,14H,1-2H3/b6-5+. The van der Waals surface area contributed by atoms with Crippen molar-refractivity contribution in [1.82, 2.24) is 9.55 Å². The average molecular weight is 188 g/mol. The van der Waals surface area contributed by atoms with Gasteiger partial charge >= 0.3 is 0 Å². The van der Waals surface area contributed by atoms with Crippen LogP contribution in [-0.4, -0.2) is 14.7 Å². The second kappa shape index (κ2) is 3.18. The number of aromatic nitrogens is 2. The lowest BCUT2D eigenvalue weighted by molar-refractivity contribution is 0.477. The number of aliphatic hydroxyl groups excluding tert-OH is 1. The molecule has 0 fully saturated rings. The Hall–Kier alpha value is -1.77. The Labute approximate surface area is 82.3 Å². The van der Waals surface area contributed by atoms with E-state index in [1.807, 2.05) is 30.7 Å². The van der Waals surface area contributed by atoms with Crippen LogP contribution >= 0.6 is 0 Å². The normalized spacial score (nSPS) is 11.6. The minimum Gasteiger partial charge on any atom is -0.515 e. The molecule has 0 spiro atoms. The van der Waals surface area contributed by atoms with Gasteiger partial charge in [-0.05, 0) is 24.6 Å². The molecule has 1 N–H and O–H groups in total. The van der Waals surface area contributed by atoms with Crippen LogP contribution in [0.1, 0.15) is 11.4 Å². The molecule has 72 valence electrons. The second-order valence-corrected chi connectivity index (χ2v) is 3.34. The van der Waals surface area contributed by atoms with Crippen LogP contribution in [0.4, 0.5) is 0 Å². The smallest absolute Gasteiger partial charge is 0.136 e. The maximum atomic E-state index is 8.69. The third-order valence-corrected chi connectivity index (χ3v) is 2.29. The molecule has 0 amide bonds. The summed E-state index contributed by atoms with van der Waals surface area (Å²) < 4.78 is 1.95. The van der Waals surface area contributed by atoms with Crippen LogP contribution in [0.3, 0.4) is 0 Å². The molecule has 2 aromatic rings. The largest absolute Gasteiger partial charge is 0.515 e. The molecule has 0 saturated carbocycles. The van der Waals surface area contributed by atoms with E-state index in [4.69, 9.17) is 5.11 Å². The molecule has 1 heterocycles. The van der Waals surface area contributed by atoms with E-state index in [1.165, 1.54) is 5.56 Å². The summed E-state index contributed by atoms with van der Waals surface area (Å²) in [6.07, 6.45) is 2.59. The number of hydrogen-bond acceptors (Lipinski definition) is 2. The molecule has 14 heavy (non-hydrogen) atoms. The fourth-order valence-corrected chi connectivity index (χ4v) is 1.54. The lowest BCUT2D eigenvalue weighted by Gasteiger charge is -1.96. The molecular formula is C11H12N2O. The van der Waals surface area contributed by atoms with Gasteiger partial charge in [-0.15, -0.1) is 0 Å². The predicted molar refractivity (Wildman–Crippen MR) is 57.1 cm³/mol. The van der Waals surface area contributed by atoms with Gasteiger partial charge in [-0.3, -0.25) is 0 Å². The summed E-state index contributed by atoms with van der Waals surface area (Å²) in [5.41, 5.74) is 3.22. The van der Waals surface area contributed by atoms with E-state index in [2.05, 4.69) is 11.1 Å². The van der Waals surface area contributed by atoms with Gasteiger partial charge in [-0.2, -0.15) is 0 Å². The number of hydrogen-bond donors (Lipinski definition) is 1. The van der Waals surface area contributed by atoms with E-state index < -0.39 is 0 Å². The summed E-state index contributed by atoms with van der Waals surface area (Å²) in [5.74, 6) is 0.758. The summed E-state index contributed by atoms with van der Waals surface area (Å²) in [6, 6.07) is 6.12. The molecule has 1 aromatic heterocycles. The van der Waals surface area contributed by atoms with Gasteiger partial charge in [0.2, 0.25) is 0 Å². The molecule has 1 aromatic carbocycles. The van der Waals surface area contributed by atoms with Crippen molar-refractivity contribution in [3.05, 3.63) is 35.8 Å². The monoisotopic (exact) mass is 188 g/mol. The molecular weight excluding hydrogens is 176 g/mol. The summed E-state index contributed by atoms with van der Waals surface area (Å²) >= 11 is 0. The van der Waals surface area contributed by atoms with E-state index >= 15 is 0 Å². The lowest BCUT2D eigenvalue weighted by atomic mass is 10.2. The first-order valence-corrected chi connectivity index (χ1v) is 4.46. The van der Waals surface area contributed by atoms with Gasteiger partial charge < -0.3 is 9.67 Å². The number of nitrogens with zero attached hydrogens (tertiary/aromatic N) is 2. The van der Waals surface area contributed by atoms with Gasteiger partial charge in [-0.25, -0.2) is 4.98 Å². The highest BCUT2D eigenvalue weighted by Gasteiger charge is 2.04. The van der Waals surface area contributed by atoms with Crippen molar-refractivity contribution in [1.29, 1.82) is 0 Å². The highest BCUT2D eigenvalue weighted by atomic mass is 16.2. The van der Waals surface area contributed by atoms with Gasteiger partial charge in [-0.1, -0.05) is 6.07 Å². The van der Waals surface area contributed by atoms with Crippen LogP contribution in [-0.2, 0) is 7.05 Å². The van der Waals surface area contributed by atoms with Crippen molar-refractivity contribution in [2.75, 3.05) is 0 Å². The van der Waals surface area contributed by atoms with Crippen LogP contribution in [0.5, 0.6) is 0 Å². The molecule has 0 aliphatic rings. The Balaban J connectivity index is 2.73. The number of fused-ring (bicyclic) bond motifs is 1. The average Bonchev–Trinajstić information content (AvgIpc) is 2.44. The second-order valence-electron chi connectivity index (χ2n) is 3.34. The fourth-order valence-electron chi connectivity index (χ4n) is 1.54. The Bertz CT molecular complexity index is 497. The number of imidazole rings is 1. The molecule has 0 radical (unpaired) electrons. The van der Waals surface area contributed by atoms with Gasteiger partial charge in [0.05, 0.1) is 17.3 Å². The molecule has 0 bridgehead atoms. The Morgan fingerprint density at radius 3 is 2.93 bits per heavy atom. The zero-order chi connectivity index (χ0) is 10.1. The summed E-state index contributed by atoms with van der Waals surface area (Å²) in [6.45, 7) is 2.04. The number of aliphatic hydroxyl groups is 1. The molecule has 0 aliphatic heterocycles. The van der Waals surface area contributed by atoms with Crippen LogP contribution in [0, 0.1) is 6.92 Å². The zero-order valence-corrected chi connectivity index (χ0v) is 8.23. The topological polar surface area (TPSA) is 38.1 Å². The molecule has 0 aliphatic carbocycles. The Morgan fingerprint density at radius 2 is 2.21 bits per heavy atom. The number of rotatable bonds is 1. The summed E-state index contributed by atoms with van der Waals surface area (Å²) in [4.78, 5) is 4.38. The Morgan fingerprint density at radius 1 is 1.43 bits per heavy atom. The zero-order valence-electron chi connectivity index (χ0n) is 8.23. The van der Waals surface area contributed by atoms with E-state index in [-0.39, 0.29) is 0 Å². The highest BCUT2D eigenvalue weighted by Crippen LogP contribution is 2.16. The fraction of sp³-hybridized carbons (Fsp3) is 0.182. The summed E-state index contributed by atoms with van der Waals surface area (Å²) in [7, 11) is 1.93. The van der Waals surface area contributed by atoms with E-state index in [9.17, 15) is 0 Å². The first kappa shape index (κ1) is 8.81. The third-order valence-electron chi connectivity index (χ3n) is 2.29. The predicted octanol–water partition coefficient (Wildman–Crippen LogP) is 2.41. The van der Waals surface area contributed by atoms with E-state index in [0.717, 1.165) is 23.1 Å². The molecule has 0 atom stereocenters. The van der Waals surface area contributed by atoms with Gasteiger partial charge in [0.15, 0.2) is 0 Å². The number of benzene rings is 1. The van der Waals surface area contributed by atoms with Crippen LogP contribution in [0.25, 0.3) is 17.1 Å². The van der Waals surface area contributed by atoms with Gasteiger partial charge in [0, 0.05) is 13.1 Å². The lowest BCUT2D eigenvalue weighted by Crippen LogP contribution is -1.90.